The van der Waals surface area contributed by atoms with Crippen molar-refractivity contribution < 1.29 is 4.79 Å². The second-order valence-electron chi connectivity index (χ2n) is 5.05. The SMILES string of the molecule is Cc1cc(C(=O)NCC(C(C)C)N(C)C)sc1Br. The van der Waals surface area contributed by atoms with E-state index in [9.17, 15) is 4.79 Å². The molecule has 0 saturated carbocycles. The van der Waals surface area contributed by atoms with Crippen molar-refractivity contribution in [3.8, 4) is 0 Å². The third-order valence-corrected chi connectivity index (χ3v) is 5.12. The van der Waals surface area contributed by atoms with Gasteiger partial charge in [0.1, 0.15) is 0 Å². The summed E-state index contributed by atoms with van der Waals surface area (Å²) in [6.45, 7) is 7.01. The lowest BCUT2D eigenvalue weighted by Crippen LogP contribution is -2.43. The molecule has 0 saturated heterocycles. The molecule has 1 N–H and O–H groups in total. The molecule has 0 aromatic carbocycles. The summed E-state index contributed by atoms with van der Waals surface area (Å²) >= 11 is 4.92. The molecule has 0 aliphatic heterocycles. The minimum Gasteiger partial charge on any atom is -0.350 e. The van der Waals surface area contributed by atoms with Gasteiger partial charge in [0, 0.05) is 12.6 Å². The van der Waals surface area contributed by atoms with Crippen molar-refractivity contribution in [3.63, 3.8) is 0 Å². The van der Waals surface area contributed by atoms with E-state index in [1.165, 1.54) is 11.3 Å². The minimum atomic E-state index is 0.0151. The van der Waals surface area contributed by atoms with Crippen LogP contribution in [-0.4, -0.2) is 37.5 Å². The van der Waals surface area contributed by atoms with Crippen LogP contribution in [0.1, 0.15) is 29.1 Å². The quantitative estimate of drug-likeness (QED) is 0.898. The van der Waals surface area contributed by atoms with Gasteiger partial charge in [-0.05, 0) is 54.5 Å². The van der Waals surface area contributed by atoms with Gasteiger partial charge < -0.3 is 10.2 Å². The summed E-state index contributed by atoms with van der Waals surface area (Å²) in [7, 11) is 4.09. The number of hydrogen-bond donors (Lipinski definition) is 1. The third-order valence-electron chi connectivity index (χ3n) is 2.99. The number of carbonyl (C=O) groups is 1. The topological polar surface area (TPSA) is 32.3 Å². The molecule has 102 valence electrons. The Hall–Kier alpha value is -0.390. The normalized spacial score (nSPS) is 13.1. The number of aryl methyl sites for hydroxylation is 1. The number of carbonyl (C=O) groups excluding carboxylic acids is 1. The first kappa shape index (κ1) is 15.7. The summed E-state index contributed by atoms with van der Waals surface area (Å²) in [5.41, 5.74) is 1.11. The molecular formula is C13H21BrN2OS. The van der Waals surface area contributed by atoms with E-state index in [0.717, 1.165) is 14.2 Å². The maximum atomic E-state index is 12.0. The maximum absolute atomic E-state index is 12.0. The van der Waals surface area contributed by atoms with Crippen LogP contribution < -0.4 is 5.32 Å². The first-order chi connectivity index (χ1) is 8.32. The van der Waals surface area contributed by atoms with Gasteiger partial charge in [-0.3, -0.25) is 4.79 Å². The van der Waals surface area contributed by atoms with Gasteiger partial charge >= 0.3 is 0 Å². The fourth-order valence-electron chi connectivity index (χ4n) is 1.87. The van der Waals surface area contributed by atoms with Crippen LogP contribution in [0.25, 0.3) is 0 Å². The van der Waals surface area contributed by atoms with Crippen LogP contribution in [0.3, 0.4) is 0 Å². The molecular weight excluding hydrogens is 312 g/mol. The van der Waals surface area contributed by atoms with Crippen molar-refractivity contribution in [1.82, 2.24) is 10.2 Å². The number of likely N-dealkylation sites (N-methyl/N-ethyl adjacent to an activating group) is 1. The zero-order valence-electron chi connectivity index (χ0n) is 11.6. The van der Waals surface area contributed by atoms with Crippen molar-refractivity contribution in [3.05, 3.63) is 20.3 Å². The Morgan fingerprint density at radius 3 is 2.50 bits per heavy atom. The zero-order valence-corrected chi connectivity index (χ0v) is 14.0. The third kappa shape index (κ3) is 4.07. The lowest BCUT2D eigenvalue weighted by atomic mass is 10.0. The largest absolute Gasteiger partial charge is 0.350 e. The average molecular weight is 333 g/mol. The van der Waals surface area contributed by atoms with E-state index in [-0.39, 0.29) is 5.91 Å². The molecule has 0 aliphatic rings. The highest BCUT2D eigenvalue weighted by atomic mass is 79.9. The molecule has 1 rings (SSSR count). The fourth-order valence-corrected chi connectivity index (χ4v) is 3.32. The van der Waals surface area contributed by atoms with Crippen LogP contribution in [0, 0.1) is 12.8 Å². The van der Waals surface area contributed by atoms with E-state index in [2.05, 4.69) is 40.0 Å². The number of hydrogen-bond acceptors (Lipinski definition) is 3. The van der Waals surface area contributed by atoms with E-state index in [4.69, 9.17) is 0 Å². The van der Waals surface area contributed by atoms with Gasteiger partial charge in [-0.1, -0.05) is 13.8 Å². The highest BCUT2D eigenvalue weighted by Crippen LogP contribution is 2.27. The number of nitrogens with zero attached hydrogens (tertiary/aromatic N) is 1. The Balaban J connectivity index is 2.60. The van der Waals surface area contributed by atoms with Crippen molar-refractivity contribution in [2.75, 3.05) is 20.6 Å². The second kappa shape index (κ2) is 6.68. The Kier molecular flexibility index (Phi) is 5.82. The van der Waals surface area contributed by atoms with E-state index in [0.29, 0.717) is 18.5 Å². The van der Waals surface area contributed by atoms with Gasteiger partial charge in [0.25, 0.3) is 5.91 Å². The Bertz CT molecular complexity index is 388. The molecule has 1 aromatic rings. The highest BCUT2D eigenvalue weighted by molar-refractivity contribution is 9.11. The summed E-state index contributed by atoms with van der Waals surface area (Å²) in [4.78, 5) is 14.9. The van der Waals surface area contributed by atoms with Crippen LogP contribution >= 0.6 is 27.3 Å². The van der Waals surface area contributed by atoms with Crippen LogP contribution in [0.15, 0.2) is 9.85 Å². The van der Waals surface area contributed by atoms with Crippen molar-refractivity contribution >= 4 is 33.2 Å². The van der Waals surface area contributed by atoms with E-state index >= 15 is 0 Å². The van der Waals surface area contributed by atoms with Gasteiger partial charge in [0.2, 0.25) is 0 Å². The van der Waals surface area contributed by atoms with Gasteiger partial charge in [0.05, 0.1) is 8.66 Å². The molecule has 18 heavy (non-hydrogen) atoms. The molecule has 1 heterocycles. The standard InChI is InChI=1S/C13H21BrN2OS/c1-8(2)10(16(4)5)7-15-13(17)11-6-9(3)12(14)18-11/h6,8,10H,7H2,1-5H3,(H,15,17). The predicted octanol–water partition coefficient (Wildman–Crippen LogP) is 3.14. The number of halogens is 1. The highest BCUT2D eigenvalue weighted by Gasteiger charge is 2.18. The Morgan fingerprint density at radius 2 is 2.11 bits per heavy atom. The summed E-state index contributed by atoms with van der Waals surface area (Å²) in [5, 5.41) is 3.01. The Morgan fingerprint density at radius 1 is 1.50 bits per heavy atom. The predicted molar refractivity (Wildman–Crippen MR) is 81.4 cm³/mol. The van der Waals surface area contributed by atoms with Crippen LogP contribution in [-0.2, 0) is 0 Å². The number of thiophene rings is 1. The van der Waals surface area contributed by atoms with Crippen LogP contribution in [0.2, 0.25) is 0 Å². The zero-order chi connectivity index (χ0) is 13.9. The van der Waals surface area contributed by atoms with E-state index in [1.54, 1.807) is 0 Å². The molecule has 1 amide bonds. The maximum Gasteiger partial charge on any atom is 0.261 e. The monoisotopic (exact) mass is 332 g/mol. The minimum absolute atomic E-state index is 0.0151. The molecule has 3 nitrogen and oxygen atoms in total. The first-order valence-electron chi connectivity index (χ1n) is 6.03. The molecule has 0 fully saturated rings. The van der Waals surface area contributed by atoms with Gasteiger partial charge in [-0.25, -0.2) is 0 Å². The van der Waals surface area contributed by atoms with Crippen molar-refractivity contribution in [2.24, 2.45) is 5.92 Å². The lowest BCUT2D eigenvalue weighted by Gasteiger charge is -2.27. The first-order valence-corrected chi connectivity index (χ1v) is 7.64. The number of nitrogens with one attached hydrogen (secondary N) is 1. The summed E-state index contributed by atoms with van der Waals surface area (Å²) in [6, 6.07) is 2.28. The fraction of sp³-hybridized carbons (Fsp3) is 0.615. The molecule has 0 spiro atoms. The second-order valence-corrected chi connectivity index (χ2v) is 7.42. The van der Waals surface area contributed by atoms with Crippen molar-refractivity contribution in [2.45, 2.75) is 26.8 Å². The molecule has 1 aromatic heterocycles. The van der Waals surface area contributed by atoms with Gasteiger partial charge in [-0.2, -0.15) is 0 Å². The lowest BCUT2D eigenvalue weighted by molar-refractivity contribution is 0.0938. The molecule has 1 unspecified atom stereocenters. The molecule has 0 bridgehead atoms. The van der Waals surface area contributed by atoms with E-state index < -0.39 is 0 Å². The van der Waals surface area contributed by atoms with Crippen molar-refractivity contribution in [1.29, 1.82) is 0 Å². The van der Waals surface area contributed by atoms with Crippen LogP contribution in [0.5, 0.6) is 0 Å². The van der Waals surface area contributed by atoms with Crippen LogP contribution in [0.4, 0.5) is 0 Å². The number of rotatable bonds is 5. The van der Waals surface area contributed by atoms with E-state index in [1.807, 2.05) is 27.1 Å². The molecule has 0 aliphatic carbocycles. The number of amides is 1. The summed E-state index contributed by atoms with van der Waals surface area (Å²) < 4.78 is 1.03. The van der Waals surface area contributed by atoms with Gasteiger partial charge in [0.15, 0.2) is 0 Å². The summed E-state index contributed by atoms with van der Waals surface area (Å²) in [5.74, 6) is 0.526. The summed E-state index contributed by atoms with van der Waals surface area (Å²) in [6.07, 6.45) is 0. The smallest absolute Gasteiger partial charge is 0.261 e. The molecule has 0 radical (unpaired) electrons. The average Bonchev–Trinajstić information content (AvgIpc) is 2.58. The molecule has 5 heteroatoms. The Labute approximate surface area is 122 Å². The van der Waals surface area contributed by atoms with Gasteiger partial charge in [-0.15, -0.1) is 11.3 Å². The molecule has 1 atom stereocenters.